The largest absolute Gasteiger partial charge is 0.294 e. The molecule has 0 aromatic heterocycles. The second-order valence-electron chi connectivity index (χ2n) is 4.18. The fraction of sp³-hybridized carbons (Fsp3) is 0.357. The Morgan fingerprint density at radius 3 is 2.75 bits per heavy atom. The van der Waals surface area contributed by atoms with Crippen LogP contribution in [0, 0.1) is 0 Å². The van der Waals surface area contributed by atoms with E-state index in [2.05, 4.69) is 29.2 Å². The third kappa shape index (κ3) is 2.58. The van der Waals surface area contributed by atoms with Gasteiger partial charge in [-0.25, -0.2) is 0 Å². The zero-order chi connectivity index (χ0) is 11.4. The number of piperidine rings is 1. The minimum Gasteiger partial charge on any atom is -0.294 e. The molecule has 84 valence electrons. The van der Waals surface area contributed by atoms with E-state index in [1.165, 1.54) is 5.56 Å². The van der Waals surface area contributed by atoms with Crippen LogP contribution in [0.25, 0.3) is 0 Å². The molecular formula is C14H17NO. The van der Waals surface area contributed by atoms with Gasteiger partial charge in [0, 0.05) is 31.6 Å². The first-order valence-electron chi connectivity index (χ1n) is 5.74. The van der Waals surface area contributed by atoms with Gasteiger partial charge in [0.1, 0.15) is 0 Å². The van der Waals surface area contributed by atoms with Crippen LogP contribution in [0.5, 0.6) is 0 Å². The van der Waals surface area contributed by atoms with E-state index < -0.39 is 0 Å². The lowest BCUT2D eigenvalue weighted by Crippen LogP contribution is -2.35. The van der Waals surface area contributed by atoms with Crippen molar-refractivity contribution in [1.29, 1.82) is 0 Å². The molecule has 0 bridgehead atoms. The number of likely N-dealkylation sites (tertiary alicyclic amines) is 1. The lowest BCUT2D eigenvalue weighted by Gasteiger charge is -2.27. The minimum absolute atomic E-state index is 0.312. The average molecular weight is 215 g/mol. The first-order valence-corrected chi connectivity index (χ1v) is 5.74. The maximum atomic E-state index is 11.5. The Kier molecular flexibility index (Phi) is 3.52. The van der Waals surface area contributed by atoms with E-state index in [0.717, 1.165) is 25.2 Å². The molecule has 1 heterocycles. The maximum Gasteiger partial charge on any atom is 0.161 e. The Morgan fingerprint density at radius 1 is 1.31 bits per heavy atom. The van der Waals surface area contributed by atoms with Gasteiger partial charge < -0.3 is 0 Å². The summed E-state index contributed by atoms with van der Waals surface area (Å²) in [5, 5.41) is 0. The van der Waals surface area contributed by atoms with Crippen LogP contribution in [0.15, 0.2) is 42.0 Å². The summed E-state index contributed by atoms with van der Waals surface area (Å²) < 4.78 is 0. The van der Waals surface area contributed by atoms with E-state index in [-0.39, 0.29) is 0 Å². The highest BCUT2D eigenvalue weighted by Gasteiger charge is 2.20. The molecule has 0 aliphatic carbocycles. The Morgan fingerprint density at radius 2 is 2.06 bits per heavy atom. The summed E-state index contributed by atoms with van der Waals surface area (Å²) in [7, 11) is 0. The topological polar surface area (TPSA) is 20.3 Å². The van der Waals surface area contributed by atoms with Crippen LogP contribution in [0.3, 0.4) is 0 Å². The summed E-state index contributed by atoms with van der Waals surface area (Å²) in [4.78, 5) is 13.9. The maximum absolute atomic E-state index is 11.5. The van der Waals surface area contributed by atoms with Crippen molar-refractivity contribution in [1.82, 2.24) is 4.90 Å². The molecule has 0 N–H and O–H groups in total. The Hall–Kier alpha value is -1.41. The van der Waals surface area contributed by atoms with Gasteiger partial charge in [0.15, 0.2) is 5.78 Å². The molecule has 16 heavy (non-hydrogen) atoms. The van der Waals surface area contributed by atoms with Crippen molar-refractivity contribution in [3.05, 3.63) is 47.5 Å². The Balaban J connectivity index is 2.00. The summed E-state index contributed by atoms with van der Waals surface area (Å²) >= 11 is 0. The van der Waals surface area contributed by atoms with E-state index >= 15 is 0 Å². The van der Waals surface area contributed by atoms with E-state index in [9.17, 15) is 4.79 Å². The normalized spacial score (nSPS) is 20.3. The highest BCUT2D eigenvalue weighted by molar-refractivity contribution is 5.96. The van der Waals surface area contributed by atoms with Gasteiger partial charge in [-0.1, -0.05) is 36.4 Å². The van der Waals surface area contributed by atoms with Crippen LogP contribution in [0.1, 0.15) is 18.9 Å². The molecule has 0 atom stereocenters. The number of nitrogens with zero attached hydrogens (tertiary/aromatic N) is 1. The number of hydrogen-bond acceptors (Lipinski definition) is 2. The number of benzene rings is 1. The van der Waals surface area contributed by atoms with E-state index in [1.807, 2.05) is 19.1 Å². The lowest BCUT2D eigenvalue weighted by molar-refractivity contribution is -0.117. The molecule has 0 amide bonds. The number of carbonyl (C=O) groups is 1. The van der Waals surface area contributed by atoms with Crippen LogP contribution in [0.4, 0.5) is 0 Å². The summed E-state index contributed by atoms with van der Waals surface area (Å²) in [6.07, 6.45) is 2.60. The number of carbonyl (C=O) groups excluding carboxylic acids is 1. The van der Waals surface area contributed by atoms with Crippen LogP contribution >= 0.6 is 0 Å². The third-order valence-electron chi connectivity index (χ3n) is 3.00. The molecule has 1 aliphatic rings. The molecular weight excluding hydrogens is 198 g/mol. The molecule has 0 unspecified atom stereocenters. The smallest absolute Gasteiger partial charge is 0.161 e. The van der Waals surface area contributed by atoms with Crippen molar-refractivity contribution in [3.8, 4) is 0 Å². The first-order chi connectivity index (χ1) is 7.79. The van der Waals surface area contributed by atoms with Gasteiger partial charge in [0.05, 0.1) is 0 Å². The van der Waals surface area contributed by atoms with Gasteiger partial charge in [-0.15, -0.1) is 0 Å². The van der Waals surface area contributed by atoms with Crippen molar-refractivity contribution in [2.45, 2.75) is 19.9 Å². The van der Waals surface area contributed by atoms with Crippen LogP contribution in [-0.2, 0) is 11.3 Å². The van der Waals surface area contributed by atoms with E-state index in [0.29, 0.717) is 12.2 Å². The fourth-order valence-electron chi connectivity index (χ4n) is 2.06. The summed E-state index contributed by atoms with van der Waals surface area (Å²) in [6, 6.07) is 10.4. The molecule has 2 rings (SSSR count). The number of ketones is 1. The summed E-state index contributed by atoms with van der Waals surface area (Å²) in [6.45, 7) is 4.56. The molecule has 0 radical (unpaired) electrons. The van der Waals surface area contributed by atoms with Crippen LogP contribution in [-0.4, -0.2) is 23.8 Å². The monoisotopic (exact) mass is 215 g/mol. The second kappa shape index (κ2) is 5.08. The van der Waals surface area contributed by atoms with Crippen molar-refractivity contribution >= 4 is 5.78 Å². The quantitative estimate of drug-likeness (QED) is 0.706. The number of Topliss-reactive ketones (excluding diaryl/α,β-unsaturated/α-hetero) is 1. The zero-order valence-corrected chi connectivity index (χ0v) is 9.65. The van der Waals surface area contributed by atoms with Crippen molar-refractivity contribution in [2.24, 2.45) is 0 Å². The van der Waals surface area contributed by atoms with Gasteiger partial charge in [-0.3, -0.25) is 9.69 Å². The Bertz CT molecular complexity index is 394. The van der Waals surface area contributed by atoms with E-state index in [1.54, 1.807) is 0 Å². The van der Waals surface area contributed by atoms with Crippen molar-refractivity contribution in [2.75, 3.05) is 13.1 Å². The van der Waals surface area contributed by atoms with Crippen molar-refractivity contribution < 1.29 is 4.79 Å². The predicted octanol–water partition coefficient (Wildman–Crippen LogP) is 2.41. The van der Waals surface area contributed by atoms with Gasteiger partial charge in [-0.05, 0) is 12.5 Å². The average Bonchev–Trinajstić information content (AvgIpc) is 2.33. The third-order valence-corrected chi connectivity index (χ3v) is 3.00. The van der Waals surface area contributed by atoms with Crippen molar-refractivity contribution in [3.63, 3.8) is 0 Å². The molecule has 2 nitrogen and oxygen atoms in total. The van der Waals surface area contributed by atoms with E-state index in [4.69, 9.17) is 0 Å². The molecule has 0 spiro atoms. The number of allylic oxidation sites excluding steroid dienone is 1. The van der Waals surface area contributed by atoms with Crippen LogP contribution < -0.4 is 0 Å². The molecule has 1 aromatic rings. The minimum atomic E-state index is 0.312. The molecule has 1 saturated heterocycles. The summed E-state index contributed by atoms with van der Waals surface area (Å²) in [5.41, 5.74) is 2.27. The highest BCUT2D eigenvalue weighted by atomic mass is 16.1. The SMILES string of the molecule is C/C=C1/CN(Cc2ccccc2)CCC1=O. The standard InChI is InChI=1S/C14H17NO/c1-2-13-11-15(9-8-14(13)16)10-12-6-4-3-5-7-12/h2-7H,8-11H2,1H3/b13-2-. The molecule has 1 aliphatic heterocycles. The van der Waals surface area contributed by atoms with Gasteiger partial charge in [-0.2, -0.15) is 0 Å². The predicted molar refractivity (Wildman–Crippen MR) is 65.1 cm³/mol. The Labute approximate surface area is 96.6 Å². The van der Waals surface area contributed by atoms with Gasteiger partial charge >= 0.3 is 0 Å². The number of rotatable bonds is 2. The lowest BCUT2D eigenvalue weighted by atomic mass is 10.0. The molecule has 2 heteroatoms. The second-order valence-corrected chi connectivity index (χ2v) is 4.18. The molecule has 0 saturated carbocycles. The zero-order valence-electron chi connectivity index (χ0n) is 9.65. The molecule has 1 fully saturated rings. The fourth-order valence-corrected chi connectivity index (χ4v) is 2.06. The van der Waals surface area contributed by atoms with Gasteiger partial charge in [0.2, 0.25) is 0 Å². The van der Waals surface area contributed by atoms with Crippen LogP contribution in [0.2, 0.25) is 0 Å². The summed E-state index contributed by atoms with van der Waals surface area (Å²) in [5.74, 6) is 0.312. The first kappa shape index (κ1) is 11.1. The highest BCUT2D eigenvalue weighted by Crippen LogP contribution is 2.14. The number of hydrogen-bond donors (Lipinski definition) is 0. The molecule has 1 aromatic carbocycles. The van der Waals surface area contributed by atoms with Gasteiger partial charge in [0.25, 0.3) is 0 Å².